The Bertz CT molecular complexity index is 1240. The molecule has 2 heterocycles. The van der Waals surface area contributed by atoms with E-state index in [1.807, 2.05) is 25.1 Å². The van der Waals surface area contributed by atoms with Gasteiger partial charge in [0.05, 0.1) is 12.5 Å². The van der Waals surface area contributed by atoms with Crippen molar-refractivity contribution in [3.8, 4) is 0 Å². The summed E-state index contributed by atoms with van der Waals surface area (Å²) in [5, 5.41) is 12.9. The highest BCUT2D eigenvalue weighted by molar-refractivity contribution is 5.89. The molecule has 0 saturated heterocycles. The van der Waals surface area contributed by atoms with Gasteiger partial charge in [-0.2, -0.15) is 18.3 Å². The standard InChI is InChI=1S/C23H25F3N6O2/c1-12-10-14(5-6-15(12)16-8-9-28-20-18(16)19(27)31-32-20)29-21(33)30-22(2)11-13(23(24,25)26)4-7-17(22)34-3/h4-10,12,15H,11H2,1-3H3,(H2,29,30,33)(H3,27,28,31,32). The number of halogens is 3. The number of hydrogen-bond donors (Lipinski definition) is 4. The summed E-state index contributed by atoms with van der Waals surface area (Å²) in [6.07, 6.45) is 4.50. The van der Waals surface area contributed by atoms with Gasteiger partial charge in [0.1, 0.15) is 17.1 Å². The van der Waals surface area contributed by atoms with E-state index in [4.69, 9.17) is 10.5 Å². The highest BCUT2D eigenvalue weighted by atomic mass is 19.4. The Morgan fingerprint density at radius 1 is 1.35 bits per heavy atom. The summed E-state index contributed by atoms with van der Waals surface area (Å²) in [5.41, 5.74) is 5.94. The zero-order valence-electron chi connectivity index (χ0n) is 18.8. The quantitative estimate of drug-likeness (QED) is 0.530. The average Bonchev–Trinajstić information content (AvgIpc) is 3.14. The van der Waals surface area contributed by atoms with E-state index in [-0.39, 0.29) is 17.6 Å². The van der Waals surface area contributed by atoms with Crippen LogP contribution in [-0.4, -0.2) is 40.0 Å². The van der Waals surface area contributed by atoms with Gasteiger partial charge in [-0.25, -0.2) is 9.78 Å². The third kappa shape index (κ3) is 4.37. The summed E-state index contributed by atoms with van der Waals surface area (Å²) in [6.45, 7) is 3.49. The Labute approximate surface area is 193 Å². The second-order valence-corrected chi connectivity index (χ2v) is 8.61. The first-order valence-corrected chi connectivity index (χ1v) is 10.6. The number of nitrogens with zero attached hydrogens (tertiary/aromatic N) is 2. The van der Waals surface area contributed by atoms with Gasteiger partial charge in [-0.15, -0.1) is 0 Å². The maximum atomic E-state index is 13.2. The molecule has 180 valence electrons. The fraction of sp³-hybridized carbons (Fsp3) is 0.348. The van der Waals surface area contributed by atoms with Gasteiger partial charge < -0.3 is 21.1 Å². The molecule has 2 aromatic rings. The number of pyridine rings is 1. The molecule has 5 N–H and O–H groups in total. The van der Waals surface area contributed by atoms with Gasteiger partial charge in [-0.3, -0.25) is 5.10 Å². The average molecular weight is 474 g/mol. The van der Waals surface area contributed by atoms with Crippen LogP contribution in [0.5, 0.6) is 0 Å². The van der Waals surface area contributed by atoms with Gasteiger partial charge in [-0.1, -0.05) is 25.2 Å². The van der Waals surface area contributed by atoms with E-state index in [1.165, 1.54) is 20.1 Å². The minimum absolute atomic E-state index is 0.0142. The molecular formula is C23H25F3N6O2. The van der Waals surface area contributed by atoms with Crippen LogP contribution in [0.25, 0.3) is 11.0 Å². The predicted octanol–water partition coefficient (Wildman–Crippen LogP) is 4.19. The fourth-order valence-electron chi connectivity index (χ4n) is 4.46. The summed E-state index contributed by atoms with van der Waals surface area (Å²) in [4.78, 5) is 16.9. The molecule has 0 radical (unpaired) electrons. The molecule has 2 amide bonds. The van der Waals surface area contributed by atoms with Crippen molar-refractivity contribution in [1.29, 1.82) is 0 Å². The molecule has 0 spiro atoms. The molecule has 3 atom stereocenters. The molecule has 0 aromatic carbocycles. The van der Waals surface area contributed by atoms with Crippen LogP contribution in [0.4, 0.5) is 23.8 Å². The first kappa shape index (κ1) is 23.4. The van der Waals surface area contributed by atoms with Crippen molar-refractivity contribution in [3.05, 3.63) is 65.2 Å². The van der Waals surface area contributed by atoms with Crippen LogP contribution >= 0.6 is 0 Å². The number of carbonyl (C=O) groups is 1. The number of rotatable bonds is 4. The number of nitrogen functional groups attached to an aromatic ring is 1. The number of amides is 2. The zero-order valence-corrected chi connectivity index (χ0v) is 18.8. The maximum Gasteiger partial charge on any atom is 0.412 e. The summed E-state index contributed by atoms with van der Waals surface area (Å²) in [5.74, 6) is 0.620. The number of nitrogens with one attached hydrogen (secondary N) is 3. The second-order valence-electron chi connectivity index (χ2n) is 8.61. The van der Waals surface area contributed by atoms with Crippen molar-refractivity contribution in [2.45, 2.75) is 37.9 Å². The van der Waals surface area contributed by atoms with Gasteiger partial charge in [0, 0.05) is 29.8 Å². The van der Waals surface area contributed by atoms with E-state index in [1.54, 1.807) is 12.3 Å². The first-order chi connectivity index (χ1) is 16.0. The minimum atomic E-state index is -4.50. The minimum Gasteiger partial charge on any atom is -0.499 e. The molecule has 2 aromatic heterocycles. The number of aromatic nitrogens is 3. The number of urea groups is 1. The first-order valence-electron chi connectivity index (χ1n) is 10.6. The number of aromatic amines is 1. The van der Waals surface area contributed by atoms with Crippen LogP contribution in [-0.2, 0) is 4.74 Å². The monoisotopic (exact) mass is 474 g/mol. The van der Waals surface area contributed by atoms with Gasteiger partial charge in [0.25, 0.3) is 0 Å². The number of fused-ring (bicyclic) bond motifs is 1. The number of methoxy groups -OCH3 is 1. The number of hydrogen-bond acceptors (Lipinski definition) is 5. The highest BCUT2D eigenvalue weighted by Gasteiger charge is 2.43. The molecule has 3 unspecified atom stereocenters. The van der Waals surface area contributed by atoms with Crippen molar-refractivity contribution < 1.29 is 22.7 Å². The SMILES string of the molecule is COC1=CC=C(C(F)(F)F)CC1(C)NC(=O)NC1=CC(C)C(c2ccnc3n[nH]c(N)c23)C=C1. The third-order valence-corrected chi connectivity index (χ3v) is 6.12. The van der Waals surface area contributed by atoms with Crippen molar-refractivity contribution in [3.63, 3.8) is 0 Å². The second kappa shape index (κ2) is 8.54. The number of carbonyl (C=O) groups excluding carboxylic acids is 1. The van der Waals surface area contributed by atoms with Crippen LogP contribution in [0.2, 0.25) is 0 Å². The number of anilines is 1. The van der Waals surface area contributed by atoms with Crippen molar-refractivity contribution >= 4 is 22.9 Å². The summed E-state index contributed by atoms with van der Waals surface area (Å²) in [6, 6.07) is 1.24. The van der Waals surface area contributed by atoms with Gasteiger partial charge >= 0.3 is 12.2 Å². The van der Waals surface area contributed by atoms with Crippen molar-refractivity contribution in [2.75, 3.05) is 12.8 Å². The largest absolute Gasteiger partial charge is 0.499 e. The molecule has 34 heavy (non-hydrogen) atoms. The van der Waals surface area contributed by atoms with Gasteiger partial charge in [0.2, 0.25) is 0 Å². The molecule has 8 nitrogen and oxygen atoms in total. The Morgan fingerprint density at radius 2 is 2.12 bits per heavy atom. The molecule has 4 rings (SSSR count). The smallest absolute Gasteiger partial charge is 0.412 e. The topological polar surface area (TPSA) is 118 Å². The number of nitrogens with two attached hydrogens (primary N) is 1. The third-order valence-electron chi connectivity index (χ3n) is 6.12. The molecule has 0 bridgehead atoms. The number of H-pyrrole nitrogens is 1. The Morgan fingerprint density at radius 3 is 2.79 bits per heavy atom. The van der Waals surface area contributed by atoms with E-state index in [0.717, 1.165) is 17.0 Å². The maximum absolute atomic E-state index is 13.2. The Hall–Kier alpha value is -3.76. The fourth-order valence-corrected chi connectivity index (χ4v) is 4.46. The number of ether oxygens (including phenoxy) is 1. The molecule has 11 heteroatoms. The van der Waals surface area contributed by atoms with Crippen LogP contribution < -0.4 is 16.4 Å². The van der Waals surface area contributed by atoms with E-state index in [2.05, 4.69) is 25.8 Å². The van der Waals surface area contributed by atoms with Crippen molar-refractivity contribution in [2.24, 2.45) is 5.92 Å². The normalized spacial score (nSPS) is 24.8. The molecule has 2 aliphatic carbocycles. The number of allylic oxidation sites excluding steroid dienone is 5. The lowest BCUT2D eigenvalue weighted by Crippen LogP contribution is -2.53. The predicted molar refractivity (Wildman–Crippen MR) is 121 cm³/mol. The van der Waals surface area contributed by atoms with Crippen LogP contribution in [0.1, 0.15) is 31.7 Å². The van der Waals surface area contributed by atoms with Gasteiger partial charge in [0.15, 0.2) is 5.65 Å². The molecular weight excluding hydrogens is 449 g/mol. The van der Waals surface area contributed by atoms with Crippen LogP contribution in [0.3, 0.4) is 0 Å². The number of alkyl halides is 3. The van der Waals surface area contributed by atoms with Crippen LogP contribution in [0.15, 0.2) is 59.7 Å². The van der Waals surface area contributed by atoms with E-state index in [0.29, 0.717) is 17.2 Å². The van der Waals surface area contributed by atoms with E-state index >= 15 is 0 Å². The molecule has 0 saturated carbocycles. The lowest BCUT2D eigenvalue weighted by Gasteiger charge is -2.36. The van der Waals surface area contributed by atoms with Crippen molar-refractivity contribution in [1.82, 2.24) is 25.8 Å². The molecule has 2 aliphatic rings. The summed E-state index contributed by atoms with van der Waals surface area (Å²) < 4.78 is 45.0. The van der Waals surface area contributed by atoms with E-state index in [9.17, 15) is 18.0 Å². The Balaban J connectivity index is 1.47. The summed E-state index contributed by atoms with van der Waals surface area (Å²) in [7, 11) is 1.35. The lowest BCUT2D eigenvalue weighted by atomic mass is 9.82. The van der Waals surface area contributed by atoms with E-state index < -0.39 is 29.7 Å². The molecule has 0 fully saturated rings. The lowest BCUT2D eigenvalue weighted by molar-refractivity contribution is -0.0963. The van der Waals surface area contributed by atoms with Crippen LogP contribution in [0, 0.1) is 5.92 Å². The zero-order chi connectivity index (χ0) is 24.7. The summed E-state index contributed by atoms with van der Waals surface area (Å²) >= 11 is 0. The Kier molecular flexibility index (Phi) is 5.88. The highest BCUT2D eigenvalue weighted by Crippen LogP contribution is 2.39. The van der Waals surface area contributed by atoms with Gasteiger partial charge in [-0.05, 0) is 36.6 Å². The molecule has 0 aliphatic heterocycles.